The van der Waals surface area contributed by atoms with Gasteiger partial charge >= 0.3 is 0 Å². The molecule has 1 rings (SSSR count). The van der Waals surface area contributed by atoms with Gasteiger partial charge in [-0.2, -0.15) is 0 Å². The third-order valence-electron chi connectivity index (χ3n) is 2.56. The van der Waals surface area contributed by atoms with E-state index < -0.39 is 0 Å². The van der Waals surface area contributed by atoms with Crippen LogP contribution in [0.1, 0.15) is 49.5 Å². The minimum atomic E-state index is 0.632. The summed E-state index contributed by atoms with van der Waals surface area (Å²) in [5.74, 6) is 0.632. The Kier molecular flexibility index (Phi) is 5.62. The van der Waals surface area contributed by atoms with Crippen LogP contribution < -0.4 is 0 Å². The molecule has 2 heteroatoms. The van der Waals surface area contributed by atoms with E-state index in [1.165, 1.54) is 17.5 Å². The lowest BCUT2D eigenvalue weighted by atomic mass is 10.0. The van der Waals surface area contributed by atoms with E-state index in [4.69, 9.17) is 0 Å². The van der Waals surface area contributed by atoms with E-state index >= 15 is 0 Å². The first-order valence-corrected chi connectivity index (χ1v) is 8.10. The second-order valence-corrected chi connectivity index (χ2v) is 6.65. The molecule has 1 atom stereocenters. The van der Waals surface area contributed by atoms with E-state index in [1.54, 1.807) is 0 Å². The standard InChI is InChI=1S/C13H20S2/c1-5-13(15-14-4)12-8-6-11(7-9-12)10(2)3/h6-10,13H,5H2,1-4H3. The predicted octanol–water partition coefficient (Wildman–Crippen LogP) is 5.27. The highest BCUT2D eigenvalue weighted by Gasteiger charge is 2.09. The molecule has 0 fully saturated rings. The monoisotopic (exact) mass is 240 g/mol. The minimum Gasteiger partial charge on any atom is -0.0970 e. The SMILES string of the molecule is CCC(SSC)c1ccc(C(C)C)cc1. The fourth-order valence-electron chi connectivity index (χ4n) is 1.57. The predicted molar refractivity (Wildman–Crippen MR) is 74.7 cm³/mol. The topological polar surface area (TPSA) is 0 Å². The molecule has 15 heavy (non-hydrogen) atoms. The molecule has 0 N–H and O–H groups in total. The molecule has 0 amide bonds. The summed E-state index contributed by atoms with van der Waals surface area (Å²) in [5.41, 5.74) is 2.89. The van der Waals surface area contributed by atoms with Crippen molar-refractivity contribution in [2.75, 3.05) is 6.26 Å². The van der Waals surface area contributed by atoms with Crippen molar-refractivity contribution in [3.63, 3.8) is 0 Å². The molecule has 0 aliphatic carbocycles. The Morgan fingerprint density at radius 1 is 1.07 bits per heavy atom. The Bertz CT molecular complexity index is 277. The molecule has 1 unspecified atom stereocenters. The number of hydrogen-bond donors (Lipinski definition) is 0. The summed E-state index contributed by atoms with van der Waals surface area (Å²) in [7, 11) is 3.82. The third-order valence-corrected chi connectivity index (χ3v) is 4.86. The molecule has 0 heterocycles. The molecule has 84 valence electrons. The van der Waals surface area contributed by atoms with Crippen LogP contribution in [0.2, 0.25) is 0 Å². The van der Waals surface area contributed by atoms with Crippen molar-refractivity contribution >= 4 is 21.6 Å². The first kappa shape index (κ1) is 13.0. The van der Waals surface area contributed by atoms with Gasteiger partial charge in [-0.3, -0.25) is 0 Å². The fraction of sp³-hybridized carbons (Fsp3) is 0.538. The van der Waals surface area contributed by atoms with Crippen molar-refractivity contribution in [3.8, 4) is 0 Å². The van der Waals surface area contributed by atoms with Crippen LogP contribution in [0.3, 0.4) is 0 Å². The Balaban J connectivity index is 2.77. The van der Waals surface area contributed by atoms with Gasteiger partial charge in [-0.1, -0.05) is 66.6 Å². The van der Waals surface area contributed by atoms with Crippen LogP contribution in [-0.4, -0.2) is 6.26 Å². The second-order valence-electron chi connectivity index (χ2n) is 3.98. The number of rotatable bonds is 5. The van der Waals surface area contributed by atoms with Gasteiger partial charge < -0.3 is 0 Å². The zero-order valence-electron chi connectivity index (χ0n) is 9.99. The molecule has 0 aliphatic rings. The number of hydrogen-bond acceptors (Lipinski definition) is 2. The van der Waals surface area contributed by atoms with Crippen molar-refractivity contribution in [3.05, 3.63) is 35.4 Å². The van der Waals surface area contributed by atoms with Crippen LogP contribution in [0.5, 0.6) is 0 Å². The normalized spacial score (nSPS) is 13.1. The lowest BCUT2D eigenvalue weighted by Crippen LogP contribution is -1.92. The van der Waals surface area contributed by atoms with Gasteiger partial charge in [0.05, 0.1) is 0 Å². The lowest BCUT2D eigenvalue weighted by Gasteiger charge is -2.14. The van der Waals surface area contributed by atoms with Gasteiger partial charge in [-0.05, 0) is 29.7 Å². The van der Waals surface area contributed by atoms with Crippen molar-refractivity contribution < 1.29 is 0 Å². The average molecular weight is 240 g/mol. The Morgan fingerprint density at radius 2 is 1.60 bits per heavy atom. The fourth-order valence-corrected chi connectivity index (χ4v) is 3.65. The maximum absolute atomic E-state index is 2.28. The van der Waals surface area contributed by atoms with E-state index in [9.17, 15) is 0 Å². The summed E-state index contributed by atoms with van der Waals surface area (Å²) >= 11 is 0. The highest BCUT2D eigenvalue weighted by atomic mass is 33.1. The molecular formula is C13H20S2. The first-order valence-electron chi connectivity index (χ1n) is 5.48. The minimum absolute atomic E-state index is 0.632. The van der Waals surface area contributed by atoms with Gasteiger partial charge in [0.15, 0.2) is 0 Å². The molecule has 0 spiro atoms. The largest absolute Gasteiger partial charge is 0.0970 e. The van der Waals surface area contributed by atoms with E-state index in [1.807, 2.05) is 21.6 Å². The molecule has 0 saturated carbocycles. The summed E-state index contributed by atoms with van der Waals surface area (Å²) in [6.45, 7) is 6.73. The molecule has 0 aliphatic heterocycles. The molecule has 0 radical (unpaired) electrons. The number of benzene rings is 1. The van der Waals surface area contributed by atoms with Gasteiger partial charge in [0.2, 0.25) is 0 Å². The van der Waals surface area contributed by atoms with Gasteiger partial charge in [-0.25, -0.2) is 0 Å². The quantitative estimate of drug-likeness (QED) is 0.643. The molecule has 0 saturated heterocycles. The average Bonchev–Trinajstić information content (AvgIpc) is 2.26. The zero-order chi connectivity index (χ0) is 11.3. The molecule has 0 bridgehead atoms. The first-order chi connectivity index (χ1) is 7.19. The smallest absolute Gasteiger partial charge is 0.0398 e. The molecule has 1 aromatic carbocycles. The summed E-state index contributed by atoms with van der Waals surface area (Å²) < 4.78 is 0. The molecule has 1 aromatic rings. The Hall–Kier alpha value is -0.0800. The molecular weight excluding hydrogens is 220 g/mol. The maximum atomic E-state index is 2.28. The summed E-state index contributed by atoms with van der Waals surface area (Å²) in [4.78, 5) is 0. The van der Waals surface area contributed by atoms with Gasteiger partial charge in [-0.15, -0.1) is 0 Å². The second kappa shape index (κ2) is 6.49. The molecule has 0 aromatic heterocycles. The van der Waals surface area contributed by atoms with E-state index in [0.717, 1.165) is 0 Å². The highest BCUT2D eigenvalue weighted by molar-refractivity contribution is 8.76. The van der Waals surface area contributed by atoms with Gasteiger partial charge in [0, 0.05) is 5.25 Å². The van der Waals surface area contributed by atoms with Crippen LogP contribution in [0.4, 0.5) is 0 Å². The van der Waals surface area contributed by atoms with Gasteiger partial charge in [0.1, 0.15) is 0 Å². The van der Waals surface area contributed by atoms with Crippen LogP contribution in [-0.2, 0) is 0 Å². The van der Waals surface area contributed by atoms with Crippen molar-refractivity contribution in [1.29, 1.82) is 0 Å². The highest BCUT2D eigenvalue weighted by Crippen LogP contribution is 2.38. The van der Waals surface area contributed by atoms with Crippen LogP contribution >= 0.6 is 21.6 Å². The van der Waals surface area contributed by atoms with Crippen molar-refractivity contribution in [2.45, 2.75) is 38.4 Å². The lowest BCUT2D eigenvalue weighted by molar-refractivity contribution is 0.858. The Labute approximate surface area is 102 Å². The Morgan fingerprint density at radius 3 is 2.00 bits per heavy atom. The molecule has 0 nitrogen and oxygen atoms in total. The van der Waals surface area contributed by atoms with E-state index in [-0.39, 0.29) is 0 Å². The summed E-state index contributed by atoms with van der Waals surface area (Å²) in [6.07, 6.45) is 3.35. The van der Waals surface area contributed by atoms with Crippen LogP contribution in [0.15, 0.2) is 24.3 Å². The van der Waals surface area contributed by atoms with Crippen molar-refractivity contribution in [1.82, 2.24) is 0 Å². The van der Waals surface area contributed by atoms with Gasteiger partial charge in [0.25, 0.3) is 0 Å². The van der Waals surface area contributed by atoms with Crippen LogP contribution in [0.25, 0.3) is 0 Å². The summed E-state index contributed by atoms with van der Waals surface area (Å²) in [5, 5.41) is 0.640. The zero-order valence-corrected chi connectivity index (χ0v) is 11.6. The van der Waals surface area contributed by atoms with E-state index in [0.29, 0.717) is 11.2 Å². The summed E-state index contributed by atoms with van der Waals surface area (Å²) in [6, 6.07) is 9.10. The van der Waals surface area contributed by atoms with Crippen molar-refractivity contribution in [2.24, 2.45) is 0 Å². The third kappa shape index (κ3) is 3.76. The van der Waals surface area contributed by atoms with Crippen LogP contribution in [0, 0.1) is 0 Å². The maximum Gasteiger partial charge on any atom is 0.0398 e. The van der Waals surface area contributed by atoms with E-state index in [2.05, 4.69) is 51.3 Å².